The normalized spacial score (nSPS) is 17.8. The number of hydrogen-bond donors (Lipinski definition) is 0. The summed E-state index contributed by atoms with van der Waals surface area (Å²) >= 11 is 0. The first kappa shape index (κ1) is 17.0. The summed E-state index contributed by atoms with van der Waals surface area (Å²) in [5.41, 5.74) is 0. The van der Waals surface area contributed by atoms with Gasteiger partial charge in [-0.3, -0.25) is 9.59 Å². The highest BCUT2D eigenvalue weighted by molar-refractivity contribution is 5.95. The van der Waals surface area contributed by atoms with Crippen LogP contribution in [0.25, 0.3) is 0 Å². The van der Waals surface area contributed by atoms with Gasteiger partial charge in [0.25, 0.3) is 0 Å². The molecule has 116 valence electrons. The van der Waals surface area contributed by atoms with E-state index >= 15 is 0 Å². The van der Waals surface area contributed by atoms with Crippen LogP contribution in [0.4, 0.5) is 0 Å². The van der Waals surface area contributed by atoms with Crippen LogP contribution in [0.3, 0.4) is 0 Å². The Labute approximate surface area is 122 Å². The van der Waals surface area contributed by atoms with Crippen molar-refractivity contribution in [2.75, 3.05) is 13.2 Å². The molecular formula is C16H28O4. The predicted octanol–water partition coefficient (Wildman–Crippen LogP) is 3.34. The van der Waals surface area contributed by atoms with Crippen LogP contribution in [0.5, 0.6) is 0 Å². The lowest BCUT2D eigenvalue weighted by Gasteiger charge is -2.33. The van der Waals surface area contributed by atoms with E-state index in [-0.39, 0.29) is 5.92 Å². The second-order valence-electron chi connectivity index (χ2n) is 5.45. The van der Waals surface area contributed by atoms with Gasteiger partial charge in [-0.25, -0.2) is 0 Å². The fourth-order valence-corrected chi connectivity index (χ4v) is 3.31. The Kier molecular flexibility index (Phi) is 7.63. The Bertz CT molecular complexity index is 290. The zero-order valence-electron chi connectivity index (χ0n) is 13.0. The van der Waals surface area contributed by atoms with Crippen molar-refractivity contribution in [3.63, 3.8) is 0 Å². The molecule has 0 amide bonds. The number of hydrogen-bond acceptors (Lipinski definition) is 4. The van der Waals surface area contributed by atoms with Crippen LogP contribution < -0.4 is 0 Å². The molecule has 0 saturated heterocycles. The van der Waals surface area contributed by atoms with Crippen molar-refractivity contribution in [3.8, 4) is 0 Å². The summed E-state index contributed by atoms with van der Waals surface area (Å²) in [5.74, 6) is -1.09. The molecule has 0 spiro atoms. The number of carbonyl (C=O) groups excluding carboxylic acids is 2. The molecule has 0 radical (unpaired) electrons. The van der Waals surface area contributed by atoms with Crippen molar-refractivity contribution in [2.45, 2.75) is 59.3 Å². The lowest BCUT2D eigenvalue weighted by atomic mass is 9.73. The molecule has 1 rings (SSSR count). The summed E-state index contributed by atoms with van der Waals surface area (Å²) in [5, 5.41) is 0. The first-order chi connectivity index (χ1) is 9.65. The fourth-order valence-electron chi connectivity index (χ4n) is 3.31. The summed E-state index contributed by atoms with van der Waals surface area (Å²) in [6.45, 7) is 6.18. The monoisotopic (exact) mass is 284 g/mol. The standard InChI is InChI=1S/C16H28O4/c1-4-13(12-10-8-7-9-11-12)14(15(17)19-5-2)16(18)20-6-3/h12-14H,4-11H2,1-3H3. The fraction of sp³-hybridized carbons (Fsp3) is 0.875. The molecule has 0 aromatic heterocycles. The van der Waals surface area contributed by atoms with Crippen LogP contribution in [0.15, 0.2) is 0 Å². The Hall–Kier alpha value is -1.06. The molecule has 1 atom stereocenters. The molecule has 0 aromatic rings. The van der Waals surface area contributed by atoms with Crippen LogP contribution in [0, 0.1) is 17.8 Å². The first-order valence-electron chi connectivity index (χ1n) is 7.98. The average Bonchev–Trinajstić information content (AvgIpc) is 2.45. The third-order valence-electron chi connectivity index (χ3n) is 4.24. The molecule has 0 aliphatic heterocycles. The van der Waals surface area contributed by atoms with Crippen molar-refractivity contribution in [2.24, 2.45) is 17.8 Å². The van der Waals surface area contributed by atoms with Gasteiger partial charge < -0.3 is 9.47 Å². The molecule has 4 nitrogen and oxygen atoms in total. The van der Waals surface area contributed by atoms with Gasteiger partial charge >= 0.3 is 11.9 Å². The van der Waals surface area contributed by atoms with Gasteiger partial charge in [0, 0.05) is 0 Å². The molecule has 0 N–H and O–H groups in total. The van der Waals surface area contributed by atoms with Crippen LogP contribution in [-0.4, -0.2) is 25.2 Å². The highest BCUT2D eigenvalue weighted by atomic mass is 16.6. The van der Waals surface area contributed by atoms with Crippen molar-refractivity contribution >= 4 is 11.9 Å². The van der Waals surface area contributed by atoms with E-state index in [2.05, 4.69) is 0 Å². The Morgan fingerprint density at radius 3 is 1.85 bits per heavy atom. The minimum atomic E-state index is -0.747. The molecule has 1 aliphatic rings. The average molecular weight is 284 g/mol. The lowest BCUT2D eigenvalue weighted by molar-refractivity contribution is -0.166. The van der Waals surface area contributed by atoms with E-state index in [4.69, 9.17) is 9.47 Å². The number of carbonyl (C=O) groups is 2. The summed E-state index contributed by atoms with van der Waals surface area (Å²) in [6.07, 6.45) is 6.67. The molecule has 1 unspecified atom stereocenters. The summed E-state index contributed by atoms with van der Waals surface area (Å²) < 4.78 is 10.2. The zero-order chi connectivity index (χ0) is 15.0. The van der Waals surface area contributed by atoms with Crippen molar-refractivity contribution in [3.05, 3.63) is 0 Å². The lowest BCUT2D eigenvalue weighted by Crippen LogP contribution is -2.38. The quantitative estimate of drug-likeness (QED) is 0.531. The maximum atomic E-state index is 12.2. The SMILES string of the molecule is CCOC(=O)C(C(=O)OCC)C(CC)C1CCCCC1. The Morgan fingerprint density at radius 1 is 0.950 bits per heavy atom. The van der Waals surface area contributed by atoms with Gasteiger partial charge in [-0.2, -0.15) is 0 Å². The largest absolute Gasteiger partial charge is 0.465 e. The van der Waals surface area contributed by atoms with E-state index in [1.165, 1.54) is 19.3 Å². The summed E-state index contributed by atoms with van der Waals surface area (Å²) in [7, 11) is 0. The Morgan fingerprint density at radius 2 is 1.45 bits per heavy atom. The van der Waals surface area contributed by atoms with Crippen molar-refractivity contribution < 1.29 is 19.1 Å². The van der Waals surface area contributed by atoms with E-state index in [0.29, 0.717) is 19.1 Å². The topological polar surface area (TPSA) is 52.6 Å². The first-order valence-corrected chi connectivity index (χ1v) is 7.98. The molecule has 20 heavy (non-hydrogen) atoms. The van der Waals surface area contributed by atoms with Gasteiger partial charge in [0.15, 0.2) is 5.92 Å². The van der Waals surface area contributed by atoms with Gasteiger partial charge in [0.2, 0.25) is 0 Å². The predicted molar refractivity (Wildman–Crippen MR) is 77.1 cm³/mol. The molecule has 1 aliphatic carbocycles. The van der Waals surface area contributed by atoms with Gasteiger partial charge in [0.05, 0.1) is 13.2 Å². The van der Waals surface area contributed by atoms with Gasteiger partial charge in [-0.05, 0) is 25.7 Å². The second kappa shape index (κ2) is 8.98. The summed E-state index contributed by atoms with van der Waals surface area (Å²) in [4.78, 5) is 24.4. The number of rotatable bonds is 7. The molecule has 0 bridgehead atoms. The molecule has 0 aromatic carbocycles. The maximum absolute atomic E-state index is 12.2. The van der Waals surface area contributed by atoms with Crippen LogP contribution in [-0.2, 0) is 19.1 Å². The van der Waals surface area contributed by atoms with Crippen LogP contribution in [0.2, 0.25) is 0 Å². The third kappa shape index (κ3) is 4.50. The van der Waals surface area contributed by atoms with E-state index in [9.17, 15) is 9.59 Å². The van der Waals surface area contributed by atoms with Crippen LogP contribution in [0.1, 0.15) is 59.3 Å². The third-order valence-corrected chi connectivity index (χ3v) is 4.24. The number of esters is 2. The summed E-state index contributed by atoms with van der Waals surface area (Å²) in [6, 6.07) is 0. The second-order valence-corrected chi connectivity index (χ2v) is 5.45. The maximum Gasteiger partial charge on any atom is 0.320 e. The molecule has 1 saturated carbocycles. The van der Waals surface area contributed by atoms with E-state index < -0.39 is 17.9 Å². The van der Waals surface area contributed by atoms with Gasteiger partial charge in [-0.15, -0.1) is 0 Å². The van der Waals surface area contributed by atoms with Crippen molar-refractivity contribution in [1.29, 1.82) is 0 Å². The Balaban J connectivity index is 2.86. The van der Waals surface area contributed by atoms with Gasteiger partial charge in [-0.1, -0.05) is 45.4 Å². The smallest absolute Gasteiger partial charge is 0.320 e. The minimum Gasteiger partial charge on any atom is -0.465 e. The highest BCUT2D eigenvalue weighted by Crippen LogP contribution is 2.37. The van der Waals surface area contributed by atoms with Gasteiger partial charge in [0.1, 0.15) is 0 Å². The van der Waals surface area contributed by atoms with Crippen molar-refractivity contribution in [1.82, 2.24) is 0 Å². The zero-order valence-corrected chi connectivity index (χ0v) is 13.0. The van der Waals surface area contributed by atoms with E-state index in [1.807, 2.05) is 6.92 Å². The molecule has 1 fully saturated rings. The van der Waals surface area contributed by atoms with Crippen LogP contribution >= 0.6 is 0 Å². The number of ether oxygens (including phenoxy) is 2. The molecular weight excluding hydrogens is 256 g/mol. The van der Waals surface area contributed by atoms with E-state index in [0.717, 1.165) is 19.3 Å². The van der Waals surface area contributed by atoms with E-state index in [1.54, 1.807) is 13.8 Å². The molecule has 4 heteroatoms. The molecule has 0 heterocycles. The highest BCUT2D eigenvalue weighted by Gasteiger charge is 2.40. The minimum absolute atomic E-state index is 0.0494.